The van der Waals surface area contributed by atoms with E-state index in [4.69, 9.17) is 4.98 Å². The molecule has 0 saturated heterocycles. The van der Waals surface area contributed by atoms with E-state index in [0.29, 0.717) is 17.0 Å². The van der Waals surface area contributed by atoms with Gasteiger partial charge in [0, 0.05) is 12.5 Å². The van der Waals surface area contributed by atoms with Crippen LogP contribution in [0.15, 0.2) is 18.2 Å². The van der Waals surface area contributed by atoms with Gasteiger partial charge in [0.15, 0.2) is 0 Å². The van der Waals surface area contributed by atoms with Crippen molar-refractivity contribution in [2.24, 2.45) is 5.92 Å². The molecule has 1 aromatic carbocycles. The van der Waals surface area contributed by atoms with Crippen molar-refractivity contribution < 1.29 is 9.90 Å². The molecular weight excluding hydrogens is 264 g/mol. The van der Waals surface area contributed by atoms with Crippen molar-refractivity contribution in [3.05, 3.63) is 29.6 Å². The minimum atomic E-state index is -0.884. The van der Waals surface area contributed by atoms with E-state index in [-0.39, 0.29) is 0 Å². The molecule has 0 aliphatic heterocycles. The van der Waals surface area contributed by atoms with Gasteiger partial charge in [0.2, 0.25) is 0 Å². The minimum Gasteiger partial charge on any atom is -0.478 e. The number of aryl methyl sites for hydroxylation is 1. The highest BCUT2D eigenvalue weighted by Crippen LogP contribution is 2.41. The molecule has 0 radical (unpaired) electrons. The van der Waals surface area contributed by atoms with Crippen LogP contribution in [0.2, 0.25) is 0 Å². The third kappa shape index (κ3) is 2.43. The molecule has 2 aromatic rings. The van der Waals surface area contributed by atoms with Gasteiger partial charge >= 0.3 is 5.97 Å². The van der Waals surface area contributed by atoms with E-state index < -0.39 is 5.97 Å². The number of para-hydroxylation sites is 1. The lowest BCUT2D eigenvalue weighted by Gasteiger charge is -2.08. The van der Waals surface area contributed by atoms with Gasteiger partial charge < -0.3 is 9.67 Å². The van der Waals surface area contributed by atoms with Crippen LogP contribution in [-0.2, 0) is 6.54 Å². The minimum absolute atomic E-state index is 0.329. The van der Waals surface area contributed by atoms with Crippen molar-refractivity contribution in [1.82, 2.24) is 9.55 Å². The second-order valence-corrected chi connectivity index (χ2v) is 6.46. The van der Waals surface area contributed by atoms with Crippen LogP contribution in [0.3, 0.4) is 0 Å². The van der Waals surface area contributed by atoms with Gasteiger partial charge in [-0.05, 0) is 43.7 Å². The number of fused-ring (bicyclic) bond motifs is 1. The highest BCUT2D eigenvalue weighted by atomic mass is 16.4. The maximum atomic E-state index is 11.4. The van der Waals surface area contributed by atoms with E-state index in [2.05, 4.69) is 4.57 Å². The molecule has 2 fully saturated rings. The maximum Gasteiger partial charge on any atom is 0.337 e. The van der Waals surface area contributed by atoms with E-state index in [1.165, 1.54) is 38.5 Å². The Labute approximate surface area is 123 Å². The maximum absolute atomic E-state index is 11.4. The van der Waals surface area contributed by atoms with E-state index >= 15 is 0 Å². The molecule has 0 spiro atoms. The Morgan fingerprint density at radius 2 is 2.10 bits per heavy atom. The normalized spacial score (nSPS) is 18.3. The summed E-state index contributed by atoms with van der Waals surface area (Å²) >= 11 is 0. The molecule has 1 aromatic heterocycles. The molecule has 2 aliphatic rings. The quantitative estimate of drug-likeness (QED) is 0.877. The zero-order valence-corrected chi connectivity index (χ0v) is 12.1. The number of carboxylic acids is 1. The first-order chi connectivity index (χ1) is 10.2. The Kier molecular flexibility index (Phi) is 2.98. The molecule has 4 rings (SSSR count). The van der Waals surface area contributed by atoms with Gasteiger partial charge in [0.1, 0.15) is 11.3 Å². The van der Waals surface area contributed by atoms with E-state index in [1.54, 1.807) is 6.07 Å². The van der Waals surface area contributed by atoms with Crippen LogP contribution >= 0.6 is 0 Å². The number of carboxylic acid groups (broad SMARTS) is 1. The van der Waals surface area contributed by atoms with Crippen molar-refractivity contribution >= 4 is 17.0 Å². The Balaban J connectivity index is 1.72. The Bertz CT molecular complexity index is 696. The molecule has 110 valence electrons. The standard InChI is InChI=1S/C17H20N2O2/c20-17(21)13-4-1-5-14-15(13)18-16(12-8-9-12)19(14)10-2-3-11-6-7-11/h1,4-5,11-12H,2-3,6-10H2,(H,20,21). The molecule has 2 saturated carbocycles. The first-order valence-electron chi connectivity index (χ1n) is 7.96. The zero-order chi connectivity index (χ0) is 14.4. The van der Waals surface area contributed by atoms with E-state index in [0.717, 1.165) is 23.8 Å². The largest absolute Gasteiger partial charge is 0.478 e. The predicted octanol–water partition coefficient (Wildman–Crippen LogP) is 3.80. The number of carbonyl (C=O) groups is 1. The van der Waals surface area contributed by atoms with Crippen LogP contribution in [0, 0.1) is 5.92 Å². The fourth-order valence-electron chi connectivity index (χ4n) is 3.17. The topological polar surface area (TPSA) is 55.1 Å². The number of rotatable bonds is 6. The molecule has 0 unspecified atom stereocenters. The van der Waals surface area contributed by atoms with Crippen molar-refractivity contribution in [3.8, 4) is 0 Å². The lowest BCUT2D eigenvalue weighted by atomic mass is 10.2. The average Bonchev–Trinajstić information content (AvgIpc) is 3.37. The SMILES string of the molecule is O=C(O)c1cccc2c1nc(C1CC1)n2CCCC1CC1. The second kappa shape index (κ2) is 4.86. The second-order valence-electron chi connectivity index (χ2n) is 6.46. The molecule has 4 heteroatoms. The number of nitrogens with zero attached hydrogens (tertiary/aromatic N) is 2. The third-order valence-electron chi connectivity index (χ3n) is 4.67. The number of hydrogen-bond donors (Lipinski definition) is 1. The summed E-state index contributed by atoms with van der Waals surface area (Å²) in [7, 11) is 0. The van der Waals surface area contributed by atoms with E-state index in [9.17, 15) is 9.90 Å². The molecule has 0 bridgehead atoms. The highest BCUT2D eigenvalue weighted by Gasteiger charge is 2.30. The molecule has 0 amide bonds. The fraction of sp³-hybridized carbons (Fsp3) is 0.529. The van der Waals surface area contributed by atoms with Gasteiger partial charge in [-0.3, -0.25) is 0 Å². The summed E-state index contributed by atoms with van der Waals surface area (Å²) in [5.74, 6) is 1.71. The summed E-state index contributed by atoms with van der Waals surface area (Å²) < 4.78 is 2.28. The van der Waals surface area contributed by atoms with Gasteiger partial charge in [0.25, 0.3) is 0 Å². The lowest BCUT2D eigenvalue weighted by Crippen LogP contribution is -2.03. The van der Waals surface area contributed by atoms with E-state index in [1.807, 2.05) is 12.1 Å². The fourth-order valence-corrected chi connectivity index (χ4v) is 3.17. The molecule has 0 atom stereocenters. The predicted molar refractivity (Wildman–Crippen MR) is 80.6 cm³/mol. The van der Waals surface area contributed by atoms with Crippen molar-refractivity contribution in [1.29, 1.82) is 0 Å². The summed E-state index contributed by atoms with van der Waals surface area (Å²) in [6.45, 7) is 0.974. The van der Waals surface area contributed by atoms with Gasteiger partial charge in [-0.15, -0.1) is 0 Å². The van der Waals surface area contributed by atoms with Crippen LogP contribution in [0.4, 0.5) is 0 Å². The number of benzene rings is 1. The molecule has 1 heterocycles. The first-order valence-corrected chi connectivity index (χ1v) is 7.96. The van der Waals surface area contributed by atoms with Crippen LogP contribution in [0.5, 0.6) is 0 Å². The molecule has 4 nitrogen and oxygen atoms in total. The van der Waals surface area contributed by atoms with Crippen molar-refractivity contribution in [2.75, 3.05) is 0 Å². The lowest BCUT2D eigenvalue weighted by molar-refractivity contribution is 0.0699. The summed E-state index contributed by atoms with van der Waals surface area (Å²) in [5.41, 5.74) is 1.99. The van der Waals surface area contributed by atoms with Crippen molar-refractivity contribution in [2.45, 2.75) is 51.0 Å². The smallest absolute Gasteiger partial charge is 0.337 e. The van der Waals surface area contributed by atoms with Gasteiger partial charge in [0.05, 0.1) is 11.1 Å². The Hall–Kier alpha value is -1.84. The van der Waals surface area contributed by atoms with Crippen molar-refractivity contribution in [3.63, 3.8) is 0 Å². The van der Waals surface area contributed by atoms with Crippen LogP contribution in [0.25, 0.3) is 11.0 Å². The summed E-state index contributed by atoms with van der Waals surface area (Å²) in [6, 6.07) is 5.50. The summed E-state index contributed by atoms with van der Waals surface area (Å²) in [6.07, 6.45) is 7.63. The average molecular weight is 284 g/mol. The van der Waals surface area contributed by atoms with Crippen LogP contribution < -0.4 is 0 Å². The number of aromatic nitrogens is 2. The summed E-state index contributed by atoms with van der Waals surface area (Å²) in [5, 5.41) is 9.35. The van der Waals surface area contributed by atoms with Crippen LogP contribution in [-0.4, -0.2) is 20.6 Å². The highest BCUT2D eigenvalue weighted by molar-refractivity contribution is 6.01. The van der Waals surface area contributed by atoms with Crippen LogP contribution in [0.1, 0.15) is 60.6 Å². The number of aromatic carboxylic acids is 1. The third-order valence-corrected chi connectivity index (χ3v) is 4.67. The molecule has 21 heavy (non-hydrogen) atoms. The Morgan fingerprint density at radius 1 is 1.29 bits per heavy atom. The monoisotopic (exact) mass is 284 g/mol. The number of imidazole rings is 1. The number of hydrogen-bond acceptors (Lipinski definition) is 2. The van der Waals surface area contributed by atoms with Gasteiger partial charge in [-0.25, -0.2) is 9.78 Å². The first kappa shape index (κ1) is 12.9. The molecule has 2 aliphatic carbocycles. The summed E-state index contributed by atoms with van der Waals surface area (Å²) in [4.78, 5) is 16.1. The zero-order valence-electron chi connectivity index (χ0n) is 12.1. The Morgan fingerprint density at radius 3 is 2.76 bits per heavy atom. The van der Waals surface area contributed by atoms with Gasteiger partial charge in [-0.2, -0.15) is 0 Å². The molecular formula is C17H20N2O2. The van der Waals surface area contributed by atoms with Gasteiger partial charge in [-0.1, -0.05) is 18.9 Å². The molecule has 1 N–H and O–H groups in total.